The molecule has 2 heterocycles. The van der Waals surface area contributed by atoms with Crippen LogP contribution in [0.1, 0.15) is 0 Å². The van der Waals surface area contributed by atoms with Gasteiger partial charge >= 0.3 is 0 Å². The quantitative estimate of drug-likeness (QED) is 0.916. The Bertz CT molecular complexity index is 714. The summed E-state index contributed by atoms with van der Waals surface area (Å²) < 4.78 is 11.1. The van der Waals surface area contributed by atoms with Crippen LogP contribution in [-0.2, 0) is 14.3 Å². The second-order valence-corrected chi connectivity index (χ2v) is 5.70. The Morgan fingerprint density at radius 1 is 1.35 bits per heavy atom. The summed E-state index contributed by atoms with van der Waals surface area (Å²) in [6.07, 6.45) is 1.29. The number of nitrogens with one attached hydrogen (secondary N) is 1. The highest BCUT2D eigenvalue weighted by Gasteiger charge is 2.17. The molecule has 0 aliphatic carbocycles. The number of aromatic nitrogens is 1. The number of benzene rings is 1. The average Bonchev–Trinajstić information content (AvgIpc) is 2.87. The normalized spacial score (nSPS) is 14.4. The molecule has 104 valence electrons. The van der Waals surface area contributed by atoms with Crippen molar-refractivity contribution in [2.75, 3.05) is 18.5 Å². The van der Waals surface area contributed by atoms with Crippen LogP contribution in [0.25, 0.3) is 10.2 Å². The smallest absolute Gasteiger partial charge is 0.295 e. The molecular formula is C12H8Cl2N2O3S. The fraction of sp³-hybridized carbons (Fsp3) is 0.167. The molecule has 0 fully saturated rings. The minimum Gasteiger partial charge on any atom is -0.494 e. The molecule has 0 bridgehead atoms. The number of nitrogens with zero attached hydrogens (tertiary/aromatic N) is 1. The van der Waals surface area contributed by atoms with Crippen molar-refractivity contribution in [2.24, 2.45) is 0 Å². The Hall–Kier alpha value is -1.50. The summed E-state index contributed by atoms with van der Waals surface area (Å²) >= 11 is 13.3. The lowest BCUT2D eigenvalue weighted by molar-refractivity contribution is -0.117. The van der Waals surface area contributed by atoms with E-state index >= 15 is 0 Å². The lowest BCUT2D eigenvalue weighted by atomic mass is 10.3. The Balaban J connectivity index is 1.86. The van der Waals surface area contributed by atoms with Crippen molar-refractivity contribution >= 4 is 55.8 Å². The van der Waals surface area contributed by atoms with Gasteiger partial charge < -0.3 is 9.47 Å². The summed E-state index contributed by atoms with van der Waals surface area (Å²) in [5.74, 6) is -0.286. The first-order chi connectivity index (χ1) is 9.65. The Morgan fingerprint density at radius 3 is 2.95 bits per heavy atom. The molecule has 0 atom stereocenters. The van der Waals surface area contributed by atoms with Crippen molar-refractivity contribution in [1.82, 2.24) is 4.98 Å². The van der Waals surface area contributed by atoms with Crippen LogP contribution in [-0.4, -0.2) is 24.1 Å². The highest BCUT2D eigenvalue weighted by Crippen LogP contribution is 2.35. The molecule has 1 aliphatic rings. The van der Waals surface area contributed by atoms with Crippen LogP contribution in [0.4, 0.5) is 5.13 Å². The second kappa shape index (κ2) is 5.47. The summed E-state index contributed by atoms with van der Waals surface area (Å²) in [5, 5.41) is 3.86. The predicted molar refractivity (Wildman–Crippen MR) is 78.3 cm³/mol. The molecule has 0 unspecified atom stereocenters. The number of fused-ring (bicyclic) bond motifs is 1. The fourth-order valence-electron chi connectivity index (χ4n) is 1.64. The molecule has 1 N–H and O–H groups in total. The van der Waals surface area contributed by atoms with Gasteiger partial charge in [-0.1, -0.05) is 34.5 Å². The minimum atomic E-state index is -0.411. The van der Waals surface area contributed by atoms with E-state index in [4.69, 9.17) is 32.7 Å². The SMILES string of the molecule is O=C(Nc1nc2c(Cl)c(Cl)ccc2s1)C1=COCCO1. The monoisotopic (exact) mass is 330 g/mol. The fourth-order valence-corrected chi connectivity index (χ4v) is 2.92. The van der Waals surface area contributed by atoms with E-state index in [0.717, 1.165) is 4.70 Å². The van der Waals surface area contributed by atoms with Crippen molar-refractivity contribution in [2.45, 2.75) is 0 Å². The number of hydrogen-bond donors (Lipinski definition) is 1. The number of thiazole rings is 1. The lowest BCUT2D eigenvalue weighted by Gasteiger charge is -2.14. The number of carbonyl (C=O) groups is 1. The van der Waals surface area contributed by atoms with Gasteiger partial charge in [0.1, 0.15) is 25.0 Å². The summed E-state index contributed by atoms with van der Waals surface area (Å²) in [6.45, 7) is 0.784. The first-order valence-electron chi connectivity index (χ1n) is 5.65. The number of amides is 1. The highest BCUT2D eigenvalue weighted by molar-refractivity contribution is 7.22. The van der Waals surface area contributed by atoms with Crippen molar-refractivity contribution in [1.29, 1.82) is 0 Å². The van der Waals surface area contributed by atoms with E-state index in [1.165, 1.54) is 17.6 Å². The summed E-state index contributed by atoms with van der Waals surface area (Å²) in [7, 11) is 0. The number of carbonyl (C=O) groups excluding carboxylic acids is 1. The third kappa shape index (κ3) is 2.54. The number of anilines is 1. The van der Waals surface area contributed by atoms with E-state index in [1.807, 2.05) is 0 Å². The average molecular weight is 331 g/mol. The molecule has 0 saturated carbocycles. The van der Waals surface area contributed by atoms with E-state index in [1.54, 1.807) is 12.1 Å². The lowest BCUT2D eigenvalue weighted by Crippen LogP contribution is -2.20. The zero-order valence-corrected chi connectivity index (χ0v) is 12.3. The van der Waals surface area contributed by atoms with E-state index in [0.29, 0.717) is 33.9 Å². The van der Waals surface area contributed by atoms with Gasteiger partial charge in [-0.05, 0) is 12.1 Å². The van der Waals surface area contributed by atoms with Gasteiger partial charge in [-0.3, -0.25) is 10.1 Å². The zero-order chi connectivity index (χ0) is 14.1. The molecule has 3 rings (SSSR count). The molecule has 1 amide bonds. The van der Waals surface area contributed by atoms with Gasteiger partial charge in [0.25, 0.3) is 5.91 Å². The van der Waals surface area contributed by atoms with Crippen LogP contribution in [0, 0.1) is 0 Å². The van der Waals surface area contributed by atoms with E-state index in [9.17, 15) is 4.79 Å². The maximum Gasteiger partial charge on any atom is 0.295 e. The molecule has 20 heavy (non-hydrogen) atoms. The maximum absolute atomic E-state index is 11.9. The van der Waals surface area contributed by atoms with Gasteiger partial charge in [-0.25, -0.2) is 4.98 Å². The molecule has 0 spiro atoms. The molecule has 1 aromatic carbocycles. The first kappa shape index (κ1) is 13.5. The molecule has 5 nitrogen and oxygen atoms in total. The summed E-state index contributed by atoms with van der Waals surface area (Å²) in [4.78, 5) is 16.2. The predicted octanol–water partition coefficient (Wildman–Crippen LogP) is 3.43. The van der Waals surface area contributed by atoms with Crippen LogP contribution in [0.15, 0.2) is 24.2 Å². The third-order valence-corrected chi connectivity index (χ3v) is 4.28. The third-order valence-electron chi connectivity index (χ3n) is 2.55. The van der Waals surface area contributed by atoms with Gasteiger partial charge in [0.2, 0.25) is 5.76 Å². The van der Waals surface area contributed by atoms with Crippen LogP contribution in [0.2, 0.25) is 10.0 Å². The molecule has 8 heteroatoms. The number of rotatable bonds is 2. The Kier molecular flexibility index (Phi) is 3.69. The van der Waals surface area contributed by atoms with Crippen LogP contribution >= 0.6 is 34.5 Å². The van der Waals surface area contributed by atoms with Crippen LogP contribution < -0.4 is 5.32 Å². The van der Waals surface area contributed by atoms with Crippen molar-refractivity contribution in [3.8, 4) is 0 Å². The molecule has 0 saturated heterocycles. The zero-order valence-electron chi connectivity index (χ0n) is 9.98. The maximum atomic E-state index is 11.9. The van der Waals surface area contributed by atoms with Crippen molar-refractivity contribution in [3.63, 3.8) is 0 Å². The van der Waals surface area contributed by atoms with Gasteiger partial charge in [-0.2, -0.15) is 0 Å². The molecular weight excluding hydrogens is 323 g/mol. The van der Waals surface area contributed by atoms with Crippen molar-refractivity contribution in [3.05, 3.63) is 34.2 Å². The molecule has 0 radical (unpaired) electrons. The highest BCUT2D eigenvalue weighted by atomic mass is 35.5. The summed E-state index contributed by atoms with van der Waals surface area (Å²) in [5.41, 5.74) is 0.564. The van der Waals surface area contributed by atoms with E-state index < -0.39 is 5.91 Å². The van der Waals surface area contributed by atoms with Gasteiger partial charge in [0.05, 0.1) is 14.7 Å². The van der Waals surface area contributed by atoms with Gasteiger partial charge in [0.15, 0.2) is 5.13 Å². The molecule has 2 aromatic rings. The number of halogens is 2. The number of hydrogen-bond acceptors (Lipinski definition) is 5. The van der Waals surface area contributed by atoms with Gasteiger partial charge in [-0.15, -0.1) is 0 Å². The Morgan fingerprint density at radius 2 is 2.20 bits per heavy atom. The van der Waals surface area contributed by atoms with Crippen LogP contribution in [0.3, 0.4) is 0 Å². The topological polar surface area (TPSA) is 60.5 Å². The molecule has 1 aromatic heterocycles. The van der Waals surface area contributed by atoms with E-state index in [-0.39, 0.29) is 5.76 Å². The van der Waals surface area contributed by atoms with Crippen molar-refractivity contribution < 1.29 is 14.3 Å². The molecule has 1 aliphatic heterocycles. The second-order valence-electron chi connectivity index (χ2n) is 3.88. The minimum absolute atomic E-state index is 0.125. The largest absolute Gasteiger partial charge is 0.494 e. The number of ether oxygens (including phenoxy) is 2. The first-order valence-corrected chi connectivity index (χ1v) is 7.23. The standard InChI is InChI=1S/C12H8Cl2N2O3S/c13-6-1-2-8-10(9(6)14)15-12(20-8)16-11(17)7-5-18-3-4-19-7/h1-2,5H,3-4H2,(H,15,16,17). The summed E-state index contributed by atoms with van der Waals surface area (Å²) in [6, 6.07) is 3.49. The van der Waals surface area contributed by atoms with Gasteiger partial charge in [0, 0.05) is 0 Å². The van der Waals surface area contributed by atoms with E-state index in [2.05, 4.69) is 10.3 Å². The van der Waals surface area contributed by atoms with Crippen LogP contribution in [0.5, 0.6) is 0 Å². The Labute approximate surface area is 128 Å².